The highest BCUT2D eigenvalue weighted by molar-refractivity contribution is 7.14. The number of hydrogen-bond donors (Lipinski definition) is 1. The summed E-state index contributed by atoms with van der Waals surface area (Å²) in [6.07, 6.45) is 1.45. The first-order valence-corrected chi connectivity index (χ1v) is 5.80. The maximum absolute atomic E-state index is 6.17. The van der Waals surface area contributed by atoms with Crippen molar-refractivity contribution in [2.75, 3.05) is 7.05 Å². The minimum Gasteiger partial charge on any atom is -0.442 e. The molecule has 0 bridgehead atoms. The lowest BCUT2D eigenvalue weighted by atomic mass is 10.2. The van der Waals surface area contributed by atoms with Gasteiger partial charge in [0.1, 0.15) is 5.69 Å². The van der Waals surface area contributed by atoms with E-state index in [4.69, 9.17) is 16.0 Å². The van der Waals surface area contributed by atoms with Gasteiger partial charge in [-0.25, -0.2) is 4.98 Å². The molecule has 1 N–H and O–H groups in total. The summed E-state index contributed by atoms with van der Waals surface area (Å²) >= 11 is 7.76. The van der Waals surface area contributed by atoms with Gasteiger partial charge in [0, 0.05) is 6.54 Å². The number of nitrogens with zero attached hydrogens (tertiary/aromatic N) is 1. The van der Waals surface area contributed by atoms with Crippen LogP contribution in [0.25, 0.3) is 10.6 Å². The fourth-order valence-corrected chi connectivity index (χ4v) is 2.62. The Morgan fingerprint density at radius 2 is 2.40 bits per heavy atom. The van der Waals surface area contributed by atoms with E-state index in [1.54, 1.807) is 11.3 Å². The Kier molecular flexibility index (Phi) is 3.09. The lowest BCUT2D eigenvalue weighted by Gasteiger charge is -1.98. The third-order valence-electron chi connectivity index (χ3n) is 2.09. The average molecular weight is 243 g/mol. The highest BCUT2D eigenvalue weighted by Crippen LogP contribution is 2.37. The number of thiophene rings is 1. The van der Waals surface area contributed by atoms with Crippen molar-refractivity contribution in [3.05, 3.63) is 28.1 Å². The van der Waals surface area contributed by atoms with Gasteiger partial charge in [-0.3, -0.25) is 0 Å². The van der Waals surface area contributed by atoms with Crippen LogP contribution >= 0.6 is 22.9 Å². The van der Waals surface area contributed by atoms with E-state index in [-0.39, 0.29) is 0 Å². The Hall–Kier alpha value is -0.840. The molecule has 0 saturated heterocycles. The summed E-state index contributed by atoms with van der Waals surface area (Å²) in [5.74, 6) is 0.771. The molecule has 15 heavy (non-hydrogen) atoms. The molecule has 0 aromatic carbocycles. The zero-order valence-corrected chi connectivity index (χ0v) is 10.1. The Morgan fingerprint density at radius 3 is 3.00 bits per heavy atom. The lowest BCUT2D eigenvalue weighted by Crippen LogP contribution is -2.06. The van der Waals surface area contributed by atoms with E-state index in [0.717, 1.165) is 26.9 Å². The maximum Gasteiger partial charge on any atom is 0.181 e. The number of aryl methyl sites for hydroxylation is 1. The smallest absolute Gasteiger partial charge is 0.181 e. The number of nitrogens with one attached hydrogen (secondary N) is 1. The van der Waals surface area contributed by atoms with Gasteiger partial charge >= 0.3 is 0 Å². The van der Waals surface area contributed by atoms with Crippen molar-refractivity contribution in [2.45, 2.75) is 13.5 Å². The summed E-state index contributed by atoms with van der Waals surface area (Å²) in [4.78, 5) is 5.11. The van der Waals surface area contributed by atoms with Gasteiger partial charge < -0.3 is 9.73 Å². The van der Waals surface area contributed by atoms with E-state index < -0.39 is 0 Å². The summed E-state index contributed by atoms with van der Waals surface area (Å²) < 4.78 is 5.37. The summed E-state index contributed by atoms with van der Waals surface area (Å²) in [5.41, 5.74) is 1.96. The Balaban J connectivity index is 2.44. The summed E-state index contributed by atoms with van der Waals surface area (Å²) in [6, 6.07) is 0. The van der Waals surface area contributed by atoms with E-state index in [2.05, 4.69) is 10.3 Å². The molecule has 0 spiro atoms. The first kappa shape index (κ1) is 10.7. The third-order valence-corrected chi connectivity index (χ3v) is 3.79. The van der Waals surface area contributed by atoms with E-state index >= 15 is 0 Å². The zero-order chi connectivity index (χ0) is 10.8. The molecule has 3 nitrogen and oxygen atoms in total. The predicted molar refractivity (Wildman–Crippen MR) is 62.3 cm³/mol. The molecule has 0 aliphatic carbocycles. The Bertz CT molecular complexity index is 464. The predicted octanol–water partition coefficient (Wildman–Crippen LogP) is 3.08. The molecule has 2 aromatic heterocycles. The van der Waals surface area contributed by atoms with Crippen molar-refractivity contribution in [3.63, 3.8) is 0 Å². The van der Waals surface area contributed by atoms with Crippen molar-refractivity contribution in [1.29, 1.82) is 0 Å². The molecule has 0 aliphatic heterocycles. The molecule has 0 amide bonds. The minimum atomic E-state index is 0.680. The molecule has 0 unspecified atom stereocenters. The molecule has 2 heterocycles. The molecule has 0 aliphatic rings. The fraction of sp³-hybridized carbons (Fsp3) is 0.300. The van der Waals surface area contributed by atoms with Gasteiger partial charge in [-0.1, -0.05) is 11.6 Å². The molecular formula is C10H11ClN2OS. The Morgan fingerprint density at radius 1 is 1.60 bits per heavy atom. The number of hydrogen-bond acceptors (Lipinski definition) is 4. The van der Waals surface area contributed by atoms with Crippen LogP contribution in [-0.4, -0.2) is 12.0 Å². The topological polar surface area (TPSA) is 38.1 Å². The van der Waals surface area contributed by atoms with Crippen molar-refractivity contribution in [2.24, 2.45) is 0 Å². The van der Waals surface area contributed by atoms with Crippen LogP contribution in [0.1, 0.15) is 11.3 Å². The van der Waals surface area contributed by atoms with Crippen LogP contribution in [0.3, 0.4) is 0 Å². The van der Waals surface area contributed by atoms with Gasteiger partial charge in [0.05, 0.1) is 9.90 Å². The van der Waals surface area contributed by atoms with Crippen molar-refractivity contribution < 1.29 is 4.42 Å². The molecule has 2 aromatic rings. The van der Waals surface area contributed by atoms with Crippen LogP contribution in [0.2, 0.25) is 5.02 Å². The van der Waals surface area contributed by atoms with E-state index in [1.165, 1.54) is 6.39 Å². The van der Waals surface area contributed by atoms with E-state index in [1.807, 2.05) is 19.4 Å². The first-order chi connectivity index (χ1) is 7.24. The van der Waals surface area contributed by atoms with Crippen molar-refractivity contribution in [1.82, 2.24) is 10.3 Å². The number of halogens is 1. The number of oxazole rings is 1. The molecule has 80 valence electrons. The molecule has 0 fully saturated rings. The SMILES string of the molecule is CNCc1ncoc1-c1scc(C)c1Cl. The van der Waals surface area contributed by atoms with Gasteiger partial charge in [0.2, 0.25) is 0 Å². The highest BCUT2D eigenvalue weighted by atomic mass is 35.5. The van der Waals surface area contributed by atoms with Crippen LogP contribution in [0, 0.1) is 6.92 Å². The van der Waals surface area contributed by atoms with E-state index in [0.29, 0.717) is 6.54 Å². The van der Waals surface area contributed by atoms with Gasteiger partial charge in [-0.05, 0) is 24.9 Å². The minimum absolute atomic E-state index is 0.680. The second-order valence-electron chi connectivity index (χ2n) is 3.22. The molecular weight excluding hydrogens is 232 g/mol. The third kappa shape index (κ3) is 1.93. The number of aromatic nitrogens is 1. The van der Waals surface area contributed by atoms with Gasteiger partial charge in [-0.2, -0.15) is 0 Å². The zero-order valence-electron chi connectivity index (χ0n) is 8.50. The van der Waals surface area contributed by atoms with Crippen LogP contribution in [0.4, 0.5) is 0 Å². The van der Waals surface area contributed by atoms with Crippen LogP contribution < -0.4 is 5.32 Å². The van der Waals surface area contributed by atoms with Crippen LogP contribution in [-0.2, 0) is 6.54 Å². The van der Waals surface area contributed by atoms with Gasteiger partial charge in [-0.15, -0.1) is 11.3 Å². The highest BCUT2D eigenvalue weighted by Gasteiger charge is 2.16. The standard InChI is InChI=1S/C10H11ClN2OS/c1-6-4-15-10(8(6)11)9-7(3-12-2)13-5-14-9/h4-5,12H,3H2,1-2H3. The first-order valence-electron chi connectivity index (χ1n) is 4.55. The van der Waals surface area contributed by atoms with Crippen molar-refractivity contribution >= 4 is 22.9 Å². The molecule has 0 saturated carbocycles. The molecule has 2 rings (SSSR count). The van der Waals surface area contributed by atoms with Crippen molar-refractivity contribution in [3.8, 4) is 10.6 Å². The largest absolute Gasteiger partial charge is 0.442 e. The molecule has 5 heteroatoms. The molecule has 0 radical (unpaired) electrons. The fourth-order valence-electron chi connectivity index (χ4n) is 1.33. The maximum atomic E-state index is 6.17. The summed E-state index contributed by atoms with van der Waals surface area (Å²) in [5, 5.41) is 5.82. The lowest BCUT2D eigenvalue weighted by molar-refractivity contribution is 0.571. The second-order valence-corrected chi connectivity index (χ2v) is 4.48. The monoisotopic (exact) mass is 242 g/mol. The van der Waals surface area contributed by atoms with Crippen LogP contribution in [0.15, 0.2) is 16.2 Å². The normalized spacial score (nSPS) is 10.9. The average Bonchev–Trinajstić information content (AvgIpc) is 2.77. The summed E-state index contributed by atoms with van der Waals surface area (Å²) in [6.45, 7) is 2.66. The van der Waals surface area contributed by atoms with E-state index in [9.17, 15) is 0 Å². The number of rotatable bonds is 3. The Labute approximate surface area is 97.1 Å². The quantitative estimate of drug-likeness (QED) is 0.899. The second kappa shape index (κ2) is 4.35. The molecule has 0 atom stereocenters. The van der Waals surface area contributed by atoms with Gasteiger partial charge in [0.25, 0.3) is 0 Å². The summed E-state index contributed by atoms with van der Waals surface area (Å²) in [7, 11) is 1.87. The van der Waals surface area contributed by atoms with Crippen LogP contribution in [0.5, 0.6) is 0 Å². The van der Waals surface area contributed by atoms with Gasteiger partial charge in [0.15, 0.2) is 12.2 Å².